The van der Waals surface area contributed by atoms with Gasteiger partial charge < -0.3 is 20.6 Å². The SMILES string of the molecule is CC(C)(C)Nc1ncc2nc(Nc3ccc(Cl)cc3)n(C3CCN(C(=O)O)C3)c2n1. The number of carbonyl (C=O) groups is 1. The fraction of sp³-hybridized carbons (Fsp3) is 0.400. The predicted octanol–water partition coefficient (Wildman–Crippen LogP) is 4.36. The van der Waals surface area contributed by atoms with Gasteiger partial charge in [0.1, 0.15) is 5.52 Å². The molecule has 3 N–H and O–H groups in total. The Kier molecular flexibility index (Phi) is 5.15. The Balaban J connectivity index is 1.77. The van der Waals surface area contributed by atoms with E-state index in [4.69, 9.17) is 16.6 Å². The van der Waals surface area contributed by atoms with Gasteiger partial charge in [-0.25, -0.2) is 14.8 Å². The van der Waals surface area contributed by atoms with Crippen LogP contribution in [0.2, 0.25) is 5.02 Å². The highest BCUT2D eigenvalue weighted by molar-refractivity contribution is 6.30. The molecule has 9 nitrogen and oxygen atoms in total. The molecule has 1 atom stereocenters. The number of aromatic nitrogens is 4. The minimum atomic E-state index is -0.918. The lowest BCUT2D eigenvalue weighted by Crippen LogP contribution is -2.28. The van der Waals surface area contributed by atoms with Crippen LogP contribution in [0.15, 0.2) is 30.5 Å². The van der Waals surface area contributed by atoms with Crippen molar-refractivity contribution < 1.29 is 9.90 Å². The van der Waals surface area contributed by atoms with E-state index in [1.165, 1.54) is 4.90 Å². The molecule has 1 unspecified atom stereocenters. The maximum atomic E-state index is 11.4. The molecule has 158 valence electrons. The van der Waals surface area contributed by atoms with E-state index in [1.54, 1.807) is 18.3 Å². The number of nitrogens with zero attached hydrogens (tertiary/aromatic N) is 5. The molecule has 1 aliphatic heterocycles. The molecule has 0 saturated carbocycles. The van der Waals surface area contributed by atoms with Crippen LogP contribution >= 0.6 is 11.6 Å². The number of rotatable bonds is 4. The van der Waals surface area contributed by atoms with Crippen molar-refractivity contribution in [2.24, 2.45) is 0 Å². The van der Waals surface area contributed by atoms with Gasteiger partial charge in [-0.15, -0.1) is 0 Å². The van der Waals surface area contributed by atoms with Crippen molar-refractivity contribution in [1.82, 2.24) is 24.4 Å². The number of likely N-dealkylation sites (tertiary alicyclic amines) is 1. The average molecular weight is 430 g/mol. The Labute approximate surface area is 179 Å². The van der Waals surface area contributed by atoms with Crippen LogP contribution in [0, 0.1) is 0 Å². The quantitative estimate of drug-likeness (QED) is 0.565. The summed E-state index contributed by atoms with van der Waals surface area (Å²) in [7, 11) is 0. The van der Waals surface area contributed by atoms with Gasteiger partial charge in [0.25, 0.3) is 0 Å². The van der Waals surface area contributed by atoms with Crippen LogP contribution in [0.5, 0.6) is 0 Å². The maximum Gasteiger partial charge on any atom is 0.407 e. The van der Waals surface area contributed by atoms with Gasteiger partial charge in [-0.3, -0.25) is 4.57 Å². The molecule has 0 aliphatic carbocycles. The van der Waals surface area contributed by atoms with E-state index in [2.05, 4.69) is 20.6 Å². The normalized spacial score (nSPS) is 16.8. The number of hydrogen-bond acceptors (Lipinski definition) is 6. The molecule has 0 spiro atoms. The van der Waals surface area contributed by atoms with Crippen molar-refractivity contribution in [3.05, 3.63) is 35.5 Å². The number of anilines is 3. The molecule has 1 aliphatic rings. The van der Waals surface area contributed by atoms with Gasteiger partial charge in [0.05, 0.1) is 12.2 Å². The summed E-state index contributed by atoms with van der Waals surface area (Å²) in [6.07, 6.45) is 1.45. The van der Waals surface area contributed by atoms with Gasteiger partial charge in [0.15, 0.2) is 5.65 Å². The van der Waals surface area contributed by atoms with Crippen LogP contribution < -0.4 is 10.6 Å². The minimum Gasteiger partial charge on any atom is -0.465 e. The van der Waals surface area contributed by atoms with Crippen molar-refractivity contribution in [3.63, 3.8) is 0 Å². The fourth-order valence-corrected chi connectivity index (χ4v) is 3.64. The van der Waals surface area contributed by atoms with Gasteiger partial charge in [-0.2, -0.15) is 4.98 Å². The van der Waals surface area contributed by atoms with Crippen molar-refractivity contribution >= 4 is 46.4 Å². The Hall–Kier alpha value is -3.07. The first-order valence-electron chi connectivity index (χ1n) is 9.73. The maximum absolute atomic E-state index is 11.4. The van der Waals surface area contributed by atoms with Gasteiger partial charge in [0.2, 0.25) is 11.9 Å². The van der Waals surface area contributed by atoms with E-state index in [0.29, 0.717) is 47.6 Å². The number of nitrogens with one attached hydrogen (secondary N) is 2. The lowest BCUT2D eigenvalue weighted by Gasteiger charge is -2.21. The van der Waals surface area contributed by atoms with E-state index in [-0.39, 0.29) is 11.6 Å². The summed E-state index contributed by atoms with van der Waals surface area (Å²) in [5, 5.41) is 16.6. The average Bonchev–Trinajstić information content (AvgIpc) is 3.26. The van der Waals surface area contributed by atoms with Crippen LogP contribution in [0.25, 0.3) is 11.2 Å². The fourth-order valence-electron chi connectivity index (χ4n) is 3.51. The zero-order chi connectivity index (χ0) is 21.5. The van der Waals surface area contributed by atoms with Crippen LogP contribution in [0.1, 0.15) is 33.2 Å². The topological polar surface area (TPSA) is 108 Å². The first kappa shape index (κ1) is 20.2. The number of halogens is 1. The van der Waals surface area contributed by atoms with Crippen LogP contribution in [-0.2, 0) is 0 Å². The number of carboxylic acid groups (broad SMARTS) is 1. The molecule has 0 radical (unpaired) electrons. The predicted molar refractivity (Wildman–Crippen MR) is 117 cm³/mol. The largest absolute Gasteiger partial charge is 0.465 e. The van der Waals surface area contributed by atoms with Gasteiger partial charge in [-0.1, -0.05) is 11.6 Å². The molecule has 1 saturated heterocycles. The van der Waals surface area contributed by atoms with Crippen LogP contribution in [-0.4, -0.2) is 54.2 Å². The van der Waals surface area contributed by atoms with Crippen LogP contribution in [0.4, 0.5) is 22.4 Å². The van der Waals surface area contributed by atoms with Crippen LogP contribution in [0.3, 0.4) is 0 Å². The highest BCUT2D eigenvalue weighted by atomic mass is 35.5. The number of fused-ring (bicyclic) bond motifs is 1. The molecule has 30 heavy (non-hydrogen) atoms. The Morgan fingerprint density at radius 1 is 1.23 bits per heavy atom. The third-order valence-electron chi connectivity index (χ3n) is 4.82. The summed E-state index contributed by atoms with van der Waals surface area (Å²) in [6, 6.07) is 7.23. The minimum absolute atomic E-state index is 0.0849. The van der Waals surface area contributed by atoms with E-state index >= 15 is 0 Å². The third-order valence-corrected chi connectivity index (χ3v) is 5.07. The van der Waals surface area contributed by atoms with E-state index in [0.717, 1.165) is 5.69 Å². The smallest absolute Gasteiger partial charge is 0.407 e. The van der Waals surface area contributed by atoms with Gasteiger partial charge >= 0.3 is 6.09 Å². The first-order chi connectivity index (χ1) is 14.2. The molecule has 4 rings (SSSR count). The van der Waals surface area contributed by atoms with Gasteiger partial charge in [-0.05, 0) is 51.5 Å². The molecule has 1 amide bonds. The van der Waals surface area contributed by atoms with Crippen molar-refractivity contribution in [2.75, 3.05) is 23.7 Å². The molecule has 2 aromatic heterocycles. The second kappa shape index (κ2) is 7.64. The second-order valence-corrected chi connectivity index (χ2v) is 8.82. The number of imidazole rings is 1. The highest BCUT2D eigenvalue weighted by Crippen LogP contribution is 2.31. The third kappa shape index (κ3) is 4.25. The summed E-state index contributed by atoms with van der Waals surface area (Å²) < 4.78 is 1.97. The number of hydrogen-bond donors (Lipinski definition) is 3. The Bertz CT molecular complexity index is 1080. The molecule has 1 fully saturated rings. The van der Waals surface area contributed by atoms with Gasteiger partial charge in [0, 0.05) is 29.3 Å². The summed E-state index contributed by atoms with van der Waals surface area (Å²) in [5.41, 5.74) is 1.92. The van der Waals surface area contributed by atoms with Crippen molar-refractivity contribution in [1.29, 1.82) is 0 Å². The summed E-state index contributed by atoms with van der Waals surface area (Å²) in [4.78, 5) is 26.6. The molecular weight excluding hydrogens is 406 g/mol. The standard InChI is InChI=1S/C20H24ClN7O2/c1-20(2,3)26-17-22-10-15-16(25-17)28(14-8-9-27(11-14)19(29)30)18(24-15)23-13-6-4-12(21)5-7-13/h4-7,10,14H,8-9,11H2,1-3H3,(H,23,24)(H,29,30)(H,22,25,26). The van der Waals surface area contributed by atoms with Crippen molar-refractivity contribution in [3.8, 4) is 0 Å². The summed E-state index contributed by atoms with van der Waals surface area (Å²) in [5.74, 6) is 1.09. The molecule has 0 bridgehead atoms. The zero-order valence-electron chi connectivity index (χ0n) is 17.1. The van der Waals surface area contributed by atoms with E-state index < -0.39 is 6.09 Å². The lowest BCUT2D eigenvalue weighted by atomic mass is 10.1. The molecule has 3 heterocycles. The van der Waals surface area contributed by atoms with E-state index in [1.807, 2.05) is 37.5 Å². The molecule has 3 aromatic rings. The lowest BCUT2D eigenvalue weighted by molar-refractivity contribution is 0.154. The number of benzene rings is 1. The Morgan fingerprint density at radius 3 is 2.60 bits per heavy atom. The monoisotopic (exact) mass is 429 g/mol. The summed E-state index contributed by atoms with van der Waals surface area (Å²) in [6.45, 7) is 6.95. The zero-order valence-corrected chi connectivity index (χ0v) is 17.8. The highest BCUT2D eigenvalue weighted by Gasteiger charge is 2.31. The number of amides is 1. The van der Waals surface area contributed by atoms with Crippen molar-refractivity contribution in [2.45, 2.75) is 38.8 Å². The molecular formula is C20H24ClN7O2. The summed E-state index contributed by atoms with van der Waals surface area (Å²) >= 11 is 5.99. The first-order valence-corrected chi connectivity index (χ1v) is 10.1. The van der Waals surface area contributed by atoms with E-state index in [9.17, 15) is 9.90 Å². The molecule has 1 aromatic carbocycles. The molecule has 10 heteroatoms. The Morgan fingerprint density at radius 2 is 1.97 bits per heavy atom. The second-order valence-electron chi connectivity index (χ2n) is 8.39.